The topological polar surface area (TPSA) is 102 Å². The van der Waals surface area contributed by atoms with Gasteiger partial charge in [0.15, 0.2) is 11.5 Å². The van der Waals surface area contributed by atoms with E-state index in [2.05, 4.69) is 20.3 Å². The first kappa shape index (κ1) is 13.4. The zero-order valence-corrected chi connectivity index (χ0v) is 11.9. The predicted octanol–water partition coefficient (Wildman–Crippen LogP) is 1.68. The average molecular weight is 300 g/mol. The summed E-state index contributed by atoms with van der Waals surface area (Å²) < 4.78 is 1.87. The molecule has 21 heavy (non-hydrogen) atoms. The third-order valence-corrected chi connectivity index (χ3v) is 3.69. The highest BCUT2D eigenvalue weighted by Gasteiger charge is 2.10. The smallest absolute Gasteiger partial charge is 0.201 e. The standard InChI is InChI=1S/C13H12N6OS/c1-8-6-9(12(14)18-20)7-11(15-8)21-13-17-16-10-4-2-3-5-19(10)13/h2-7,20H,1H3,(H2,14,18). The first-order valence-electron chi connectivity index (χ1n) is 6.11. The third kappa shape index (κ3) is 2.65. The number of aryl methyl sites for hydroxylation is 1. The molecule has 0 fully saturated rings. The molecule has 0 aromatic carbocycles. The average Bonchev–Trinajstić information content (AvgIpc) is 2.89. The summed E-state index contributed by atoms with van der Waals surface area (Å²) in [5.41, 5.74) is 7.78. The number of fused-ring (bicyclic) bond motifs is 1. The molecule has 0 radical (unpaired) electrons. The van der Waals surface area contributed by atoms with Gasteiger partial charge < -0.3 is 10.9 Å². The minimum absolute atomic E-state index is 0.0495. The van der Waals surface area contributed by atoms with E-state index in [4.69, 9.17) is 10.9 Å². The van der Waals surface area contributed by atoms with Crippen molar-refractivity contribution in [2.24, 2.45) is 10.9 Å². The van der Waals surface area contributed by atoms with Crippen molar-refractivity contribution in [2.45, 2.75) is 17.1 Å². The number of pyridine rings is 2. The van der Waals surface area contributed by atoms with Gasteiger partial charge >= 0.3 is 0 Å². The van der Waals surface area contributed by atoms with Gasteiger partial charge in [-0.15, -0.1) is 10.2 Å². The molecule has 3 aromatic rings. The lowest BCUT2D eigenvalue weighted by atomic mass is 10.2. The fourth-order valence-electron chi connectivity index (χ4n) is 1.88. The highest BCUT2D eigenvalue weighted by atomic mass is 32.2. The van der Waals surface area contributed by atoms with Crippen LogP contribution in [-0.4, -0.2) is 30.6 Å². The van der Waals surface area contributed by atoms with Crippen LogP contribution in [0, 0.1) is 6.92 Å². The molecular formula is C13H12N6OS. The van der Waals surface area contributed by atoms with Crippen molar-refractivity contribution in [1.29, 1.82) is 0 Å². The molecule has 0 aliphatic rings. The summed E-state index contributed by atoms with van der Waals surface area (Å²) in [7, 11) is 0. The van der Waals surface area contributed by atoms with Crippen molar-refractivity contribution in [3.8, 4) is 0 Å². The van der Waals surface area contributed by atoms with Crippen LogP contribution >= 0.6 is 11.8 Å². The summed E-state index contributed by atoms with van der Waals surface area (Å²) in [6.45, 7) is 1.85. The third-order valence-electron chi connectivity index (χ3n) is 2.81. The first-order chi connectivity index (χ1) is 10.2. The number of aromatic nitrogens is 4. The van der Waals surface area contributed by atoms with Crippen LogP contribution in [0.4, 0.5) is 0 Å². The number of hydrogen-bond donors (Lipinski definition) is 2. The van der Waals surface area contributed by atoms with Crippen molar-refractivity contribution < 1.29 is 5.21 Å². The highest BCUT2D eigenvalue weighted by Crippen LogP contribution is 2.25. The molecule has 3 aromatic heterocycles. The second-order valence-corrected chi connectivity index (χ2v) is 5.32. The van der Waals surface area contributed by atoms with Crippen molar-refractivity contribution in [2.75, 3.05) is 0 Å². The van der Waals surface area contributed by atoms with Gasteiger partial charge in [-0.05, 0) is 43.0 Å². The van der Waals surface area contributed by atoms with Crippen LogP contribution in [0.5, 0.6) is 0 Å². The van der Waals surface area contributed by atoms with Crippen molar-refractivity contribution in [3.05, 3.63) is 47.8 Å². The van der Waals surface area contributed by atoms with E-state index in [9.17, 15) is 0 Å². The SMILES string of the molecule is Cc1cc(/C(N)=N/O)cc(Sc2nnc3ccccn23)n1. The number of amidine groups is 1. The lowest BCUT2D eigenvalue weighted by Crippen LogP contribution is -2.13. The maximum Gasteiger partial charge on any atom is 0.201 e. The van der Waals surface area contributed by atoms with Crippen molar-refractivity contribution >= 4 is 23.2 Å². The van der Waals surface area contributed by atoms with Gasteiger partial charge in [0.25, 0.3) is 0 Å². The van der Waals surface area contributed by atoms with E-state index in [0.29, 0.717) is 15.7 Å². The Hall–Kier alpha value is -2.61. The van der Waals surface area contributed by atoms with E-state index in [1.807, 2.05) is 35.7 Å². The van der Waals surface area contributed by atoms with Crippen LogP contribution in [-0.2, 0) is 0 Å². The Morgan fingerprint density at radius 2 is 2.19 bits per heavy atom. The Balaban J connectivity index is 2.00. The van der Waals surface area contributed by atoms with Gasteiger partial charge in [0, 0.05) is 17.5 Å². The second-order valence-electron chi connectivity index (χ2n) is 4.33. The Morgan fingerprint density at radius 3 is 3.00 bits per heavy atom. The van der Waals surface area contributed by atoms with E-state index in [1.54, 1.807) is 12.1 Å². The van der Waals surface area contributed by atoms with Crippen LogP contribution in [0.2, 0.25) is 0 Å². The minimum Gasteiger partial charge on any atom is -0.409 e. The zero-order chi connectivity index (χ0) is 14.8. The van der Waals surface area contributed by atoms with Crippen LogP contribution in [0.3, 0.4) is 0 Å². The second kappa shape index (κ2) is 5.41. The summed E-state index contributed by atoms with van der Waals surface area (Å²) in [5.74, 6) is 0.0495. The van der Waals surface area contributed by atoms with E-state index >= 15 is 0 Å². The van der Waals surface area contributed by atoms with Gasteiger partial charge in [0.05, 0.1) is 0 Å². The van der Waals surface area contributed by atoms with Gasteiger partial charge in [-0.1, -0.05) is 11.2 Å². The molecule has 0 bridgehead atoms. The predicted molar refractivity (Wildman–Crippen MR) is 78.6 cm³/mol. The Kier molecular flexibility index (Phi) is 3.44. The van der Waals surface area contributed by atoms with E-state index in [-0.39, 0.29) is 5.84 Å². The van der Waals surface area contributed by atoms with Crippen LogP contribution in [0.1, 0.15) is 11.3 Å². The lowest BCUT2D eigenvalue weighted by Gasteiger charge is -2.04. The summed E-state index contributed by atoms with van der Waals surface area (Å²) >= 11 is 1.37. The molecule has 0 atom stereocenters. The van der Waals surface area contributed by atoms with Crippen LogP contribution in [0.25, 0.3) is 5.65 Å². The molecule has 0 saturated carbocycles. The normalized spacial score (nSPS) is 12.0. The summed E-state index contributed by atoms with van der Waals surface area (Å²) in [5, 5.41) is 21.4. The molecule has 3 rings (SSSR count). The minimum atomic E-state index is 0.0495. The Labute approximate surface area is 124 Å². The lowest BCUT2D eigenvalue weighted by molar-refractivity contribution is 0.318. The monoisotopic (exact) mass is 300 g/mol. The van der Waals surface area contributed by atoms with Gasteiger partial charge in [0.1, 0.15) is 5.03 Å². The van der Waals surface area contributed by atoms with Gasteiger partial charge in [-0.3, -0.25) is 4.40 Å². The largest absolute Gasteiger partial charge is 0.409 e. The number of rotatable bonds is 3. The summed E-state index contributed by atoms with van der Waals surface area (Å²) in [6, 6.07) is 9.19. The van der Waals surface area contributed by atoms with Gasteiger partial charge in [-0.25, -0.2) is 4.98 Å². The molecule has 8 heteroatoms. The van der Waals surface area contributed by atoms with Crippen molar-refractivity contribution in [1.82, 2.24) is 19.6 Å². The van der Waals surface area contributed by atoms with Gasteiger partial charge in [-0.2, -0.15) is 0 Å². The molecule has 3 N–H and O–H groups in total. The molecule has 0 aliphatic carbocycles. The first-order valence-corrected chi connectivity index (χ1v) is 6.93. The Morgan fingerprint density at radius 1 is 1.33 bits per heavy atom. The van der Waals surface area contributed by atoms with E-state index in [1.165, 1.54) is 11.8 Å². The number of nitrogens with two attached hydrogens (primary N) is 1. The molecule has 0 unspecified atom stereocenters. The summed E-state index contributed by atoms with van der Waals surface area (Å²) in [4.78, 5) is 4.42. The van der Waals surface area contributed by atoms with Gasteiger partial charge in [0.2, 0.25) is 5.16 Å². The molecular weight excluding hydrogens is 288 g/mol. The van der Waals surface area contributed by atoms with E-state index < -0.39 is 0 Å². The maximum atomic E-state index is 8.78. The molecule has 0 aliphatic heterocycles. The molecule has 7 nitrogen and oxygen atoms in total. The molecule has 106 valence electrons. The number of nitrogens with zero attached hydrogens (tertiary/aromatic N) is 5. The van der Waals surface area contributed by atoms with E-state index in [0.717, 1.165) is 11.3 Å². The quantitative estimate of drug-likeness (QED) is 0.330. The fraction of sp³-hybridized carbons (Fsp3) is 0.0769. The summed E-state index contributed by atoms with van der Waals surface area (Å²) in [6.07, 6.45) is 1.89. The highest BCUT2D eigenvalue weighted by molar-refractivity contribution is 7.99. The number of hydrogen-bond acceptors (Lipinski definition) is 6. The van der Waals surface area contributed by atoms with Crippen LogP contribution < -0.4 is 5.73 Å². The van der Waals surface area contributed by atoms with Crippen LogP contribution in [0.15, 0.2) is 51.9 Å². The number of oxime groups is 1. The zero-order valence-electron chi connectivity index (χ0n) is 11.1. The fourth-order valence-corrected chi connectivity index (χ4v) is 2.78. The van der Waals surface area contributed by atoms with Crippen molar-refractivity contribution in [3.63, 3.8) is 0 Å². The molecule has 0 amide bonds. The molecule has 0 spiro atoms. The molecule has 0 saturated heterocycles. The maximum absolute atomic E-state index is 8.78. The Bertz CT molecular complexity index is 828. The molecule has 3 heterocycles.